The molecule has 1 aromatic carbocycles. The van der Waals surface area contributed by atoms with Crippen molar-refractivity contribution in [3.05, 3.63) is 65.6 Å². The quantitative estimate of drug-likeness (QED) is 0.713. The van der Waals surface area contributed by atoms with E-state index >= 15 is 0 Å². The molecule has 0 bridgehead atoms. The van der Waals surface area contributed by atoms with E-state index in [9.17, 15) is 4.79 Å². The van der Waals surface area contributed by atoms with Gasteiger partial charge in [-0.3, -0.25) is 9.69 Å². The molecule has 1 amide bonds. The third kappa shape index (κ3) is 5.81. The van der Waals surface area contributed by atoms with Crippen molar-refractivity contribution in [2.45, 2.75) is 25.5 Å². The summed E-state index contributed by atoms with van der Waals surface area (Å²) in [7, 11) is 3.45. The molecule has 2 heterocycles. The lowest BCUT2D eigenvalue weighted by Gasteiger charge is -2.23. The van der Waals surface area contributed by atoms with E-state index in [1.165, 1.54) is 10.5 Å². The number of furan rings is 1. The van der Waals surface area contributed by atoms with Gasteiger partial charge in [0.1, 0.15) is 5.76 Å². The number of nitrogens with zero attached hydrogens (tertiary/aromatic N) is 2. The van der Waals surface area contributed by atoms with Gasteiger partial charge in [0, 0.05) is 33.8 Å². The Morgan fingerprint density at radius 3 is 2.70 bits per heavy atom. The van der Waals surface area contributed by atoms with Crippen molar-refractivity contribution in [2.24, 2.45) is 0 Å². The molecule has 5 heteroatoms. The maximum atomic E-state index is 12.0. The van der Waals surface area contributed by atoms with Crippen LogP contribution in [0.25, 0.3) is 6.08 Å². The highest BCUT2D eigenvalue weighted by Crippen LogP contribution is 2.17. The normalized spacial score (nSPS) is 17.1. The predicted molar refractivity (Wildman–Crippen MR) is 106 cm³/mol. The lowest BCUT2D eigenvalue weighted by molar-refractivity contribution is 0.0712. The van der Waals surface area contributed by atoms with Gasteiger partial charge in [0.25, 0.3) is 5.91 Å². The minimum Gasteiger partial charge on any atom is -0.455 e. The molecule has 0 aliphatic carbocycles. The van der Waals surface area contributed by atoms with Crippen LogP contribution >= 0.6 is 0 Å². The second-order valence-corrected chi connectivity index (χ2v) is 7.11. The van der Waals surface area contributed by atoms with Gasteiger partial charge in [-0.15, -0.1) is 0 Å². The van der Waals surface area contributed by atoms with Crippen molar-refractivity contribution in [3.63, 3.8) is 0 Å². The first-order chi connectivity index (χ1) is 13.1. The fourth-order valence-electron chi connectivity index (χ4n) is 3.20. The average Bonchev–Trinajstić information content (AvgIpc) is 3.34. The van der Waals surface area contributed by atoms with Crippen molar-refractivity contribution in [3.8, 4) is 0 Å². The van der Waals surface area contributed by atoms with Crippen LogP contribution in [0.4, 0.5) is 0 Å². The van der Waals surface area contributed by atoms with Crippen molar-refractivity contribution < 1.29 is 13.9 Å². The molecular weight excluding hydrogens is 340 g/mol. The number of amides is 1. The first kappa shape index (κ1) is 19.4. The van der Waals surface area contributed by atoms with Gasteiger partial charge < -0.3 is 14.1 Å². The van der Waals surface area contributed by atoms with Gasteiger partial charge in [0.2, 0.25) is 0 Å². The van der Waals surface area contributed by atoms with E-state index in [1.807, 2.05) is 24.3 Å². The van der Waals surface area contributed by atoms with Gasteiger partial charge >= 0.3 is 0 Å². The third-order valence-electron chi connectivity index (χ3n) is 4.62. The second-order valence-electron chi connectivity index (χ2n) is 7.11. The SMILES string of the molecule is CN(C)C(=O)c1ccc(CN(C/C=C/c2ccccc2)C[C@H]2CCCO2)o1. The Labute approximate surface area is 161 Å². The van der Waals surface area contributed by atoms with E-state index in [1.54, 1.807) is 20.2 Å². The Morgan fingerprint density at radius 2 is 2.00 bits per heavy atom. The Bertz CT molecular complexity index is 746. The van der Waals surface area contributed by atoms with Gasteiger partial charge in [-0.1, -0.05) is 42.5 Å². The number of benzene rings is 1. The number of ether oxygens (including phenoxy) is 1. The third-order valence-corrected chi connectivity index (χ3v) is 4.62. The van der Waals surface area contributed by atoms with Crippen LogP contribution in [0.5, 0.6) is 0 Å². The Balaban J connectivity index is 1.64. The highest BCUT2D eigenvalue weighted by Gasteiger charge is 2.20. The minimum absolute atomic E-state index is 0.115. The van der Waals surface area contributed by atoms with Crippen molar-refractivity contribution in [1.82, 2.24) is 9.80 Å². The van der Waals surface area contributed by atoms with Crippen LogP contribution in [0.15, 0.2) is 53.0 Å². The summed E-state index contributed by atoms with van der Waals surface area (Å²) < 4.78 is 11.6. The van der Waals surface area contributed by atoms with Crippen LogP contribution in [0, 0.1) is 0 Å². The monoisotopic (exact) mass is 368 g/mol. The lowest BCUT2D eigenvalue weighted by atomic mass is 10.2. The van der Waals surface area contributed by atoms with E-state index in [0.29, 0.717) is 12.3 Å². The molecule has 1 aliphatic heterocycles. The van der Waals surface area contributed by atoms with E-state index in [0.717, 1.165) is 38.3 Å². The maximum Gasteiger partial charge on any atom is 0.289 e. The molecule has 0 spiro atoms. The average molecular weight is 368 g/mol. The summed E-state index contributed by atoms with van der Waals surface area (Å²) in [4.78, 5) is 15.9. The van der Waals surface area contributed by atoms with E-state index < -0.39 is 0 Å². The van der Waals surface area contributed by atoms with Crippen molar-refractivity contribution in [1.29, 1.82) is 0 Å². The van der Waals surface area contributed by atoms with Gasteiger partial charge in [0.15, 0.2) is 5.76 Å². The standard InChI is InChI=1S/C22H28N2O3/c1-23(2)22(25)21-13-12-20(27-21)17-24(16-19-11-7-15-26-19)14-6-10-18-8-4-3-5-9-18/h3-6,8-10,12-13,19H,7,11,14-17H2,1-2H3/b10-6+/t19-/m1/s1. The fourth-order valence-corrected chi connectivity index (χ4v) is 3.20. The van der Waals surface area contributed by atoms with Gasteiger partial charge in [-0.05, 0) is 30.5 Å². The molecule has 1 atom stereocenters. The molecule has 0 N–H and O–H groups in total. The van der Waals surface area contributed by atoms with Crippen LogP contribution in [-0.2, 0) is 11.3 Å². The summed E-state index contributed by atoms with van der Waals surface area (Å²) in [6.07, 6.45) is 6.79. The molecular formula is C22H28N2O3. The molecule has 144 valence electrons. The first-order valence-corrected chi connectivity index (χ1v) is 9.48. The first-order valence-electron chi connectivity index (χ1n) is 9.48. The molecule has 3 rings (SSSR count). The Kier molecular flexibility index (Phi) is 6.85. The summed E-state index contributed by atoms with van der Waals surface area (Å²) in [5, 5.41) is 0. The predicted octanol–water partition coefficient (Wildman–Crippen LogP) is 3.68. The zero-order valence-electron chi connectivity index (χ0n) is 16.1. The summed E-state index contributed by atoms with van der Waals surface area (Å²) in [6, 6.07) is 13.9. The Morgan fingerprint density at radius 1 is 1.19 bits per heavy atom. The van der Waals surface area contributed by atoms with Crippen molar-refractivity contribution in [2.75, 3.05) is 33.8 Å². The fraction of sp³-hybridized carbons (Fsp3) is 0.409. The summed E-state index contributed by atoms with van der Waals surface area (Å²) in [5.74, 6) is 1.06. The molecule has 5 nitrogen and oxygen atoms in total. The van der Waals surface area contributed by atoms with E-state index in [-0.39, 0.29) is 12.0 Å². The molecule has 1 saturated heterocycles. The van der Waals surface area contributed by atoms with Crippen LogP contribution in [0.2, 0.25) is 0 Å². The summed E-state index contributed by atoms with van der Waals surface area (Å²) in [5.41, 5.74) is 1.19. The minimum atomic E-state index is -0.115. The zero-order chi connectivity index (χ0) is 19.1. The molecule has 1 aliphatic rings. The molecule has 0 radical (unpaired) electrons. The molecule has 0 unspecified atom stereocenters. The lowest BCUT2D eigenvalue weighted by Crippen LogP contribution is -2.32. The molecule has 1 aromatic heterocycles. The molecule has 2 aromatic rings. The molecule has 1 fully saturated rings. The summed E-state index contributed by atoms with van der Waals surface area (Å²) >= 11 is 0. The zero-order valence-corrected chi connectivity index (χ0v) is 16.1. The van der Waals surface area contributed by atoms with Crippen LogP contribution in [0.1, 0.15) is 34.7 Å². The smallest absolute Gasteiger partial charge is 0.289 e. The molecule has 27 heavy (non-hydrogen) atoms. The van der Waals surface area contributed by atoms with Crippen molar-refractivity contribution >= 4 is 12.0 Å². The topological polar surface area (TPSA) is 45.9 Å². The van der Waals surface area contributed by atoms with Crippen LogP contribution < -0.4 is 0 Å². The number of hydrogen-bond acceptors (Lipinski definition) is 4. The molecule has 0 saturated carbocycles. The Hall–Kier alpha value is -2.37. The van der Waals surface area contributed by atoms with Gasteiger partial charge in [-0.25, -0.2) is 0 Å². The number of carbonyl (C=O) groups excluding carboxylic acids is 1. The van der Waals surface area contributed by atoms with Gasteiger partial charge in [0.05, 0.1) is 12.6 Å². The largest absolute Gasteiger partial charge is 0.455 e. The van der Waals surface area contributed by atoms with Gasteiger partial charge in [-0.2, -0.15) is 0 Å². The summed E-state index contributed by atoms with van der Waals surface area (Å²) in [6.45, 7) is 3.16. The number of carbonyl (C=O) groups is 1. The van der Waals surface area contributed by atoms with E-state index in [4.69, 9.17) is 9.15 Å². The highest BCUT2D eigenvalue weighted by molar-refractivity contribution is 5.91. The number of hydrogen-bond donors (Lipinski definition) is 0. The second kappa shape index (κ2) is 9.53. The number of rotatable bonds is 8. The highest BCUT2D eigenvalue weighted by atomic mass is 16.5. The van der Waals surface area contributed by atoms with E-state index in [2.05, 4.69) is 29.2 Å². The van der Waals surface area contributed by atoms with Crippen LogP contribution in [-0.4, -0.2) is 55.6 Å². The maximum absolute atomic E-state index is 12.0. The van der Waals surface area contributed by atoms with Crippen LogP contribution in [0.3, 0.4) is 0 Å².